The van der Waals surface area contributed by atoms with Crippen LogP contribution in [-0.4, -0.2) is 38.2 Å². The van der Waals surface area contributed by atoms with Gasteiger partial charge in [-0.3, -0.25) is 4.79 Å². The van der Waals surface area contributed by atoms with Gasteiger partial charge in [0.05, 0.1) is 6.54 Å². The topological polar surface area (TPSA) is 77.0 Å². The fourth-order valence-electron chi connectivity index (χ4n) is 2.94. The quantitative estimate of drug-likeness (QED) is 0.836. The Labute approximate surface area is 149 Å². The molecule has 9 heteroatoms. The van der Waals surface area contributed by atoms with Crippen LogP contribution in [0.3, 0.4) is 0 Å². The van der Waals surface area contributed by atoms with Crippen LogP contribution in [0.5, 0.6) is 0 Å². The molecule has 0 radical (unpaired) electrons. The molecule has 6 nitrogen and oxygen atoms in total. The molecule has 1 aliphatic rings. The first kappa shape index (κ1) is 19.9. The van der Waals surface area contributed by atoms with E-state index in [4.69, 9.17) is 5.73 Å². The van der Waals surface area contributed by atoms with E-state index in [0.717, 1.165) is 11.9 Å². The number of hydrogen-bond acceptors (Lipinski definition) is 4. The molecule has 1 amide bonds. The number of halogens is 3. The maximum atomic E-state index is 13.7. The maximum absolute atomic E-state index is 13.7. The Hall–Kier alpha value is -2.42. The third-order valence-electron chi connectivity index (χ3n) is 4.30. The highest BCUT2D eigenvalue weighted by molar-refractivity contribution is 5.76. The summed E-state index contributed by atoms with van der Waals surface area (Å²) in [6, 6.07) is 0.563. The van der Waals surface area contributed by atoms with Crippen LogP contribution in [0.1, 0.15) is 31.1 Å². The predicted octanol–water partition coefficient (Wildman–Crippen LogP) is 1.94. The molecular formula is C17H22F3N5O. The molecule has 1 aromatic carbocycles. The summed E-state index contributed by atoms with van der Waals surface area (Å²) in [6.45, 7) is 3.30. The van der Waals surface area contributed by atoms with E-state index in [-0.39, 0.29) is 31.7 Å². The number of fused-ring (bicyclic) bond motifs is 1. The highest BCUT2D eigenvalue weighted by Crippen LogP contribution is 2.17. The maximum Gasteiger partial charge on any atom is 0.224 e. The molecule has 142 valence electrons. The van der Waals surface area contributed by atoms with Crippen LogP contribution in [0.2, 0.25) is 0 Å². The normalized spacial score (nSPS) is 14.6. The van der Waals surface area contributed by atoms with Crippen LogP contribution in [0, 0.1) is 24.4 Å². The second-order valence-electron chi connectivity index (χ2n) is 6.16. The molecule has 0 unspecified atom stereocenters. The van der Waals surface area contributed by atoms with Crippen LogP contribution in [0.25, 0.3) is 0 Å². The zero-order valence-corrected chi connectivity index (χ0v) is 13.7. The number of aromatic nitrogens is 3. The molecule has 26 heavy (non-hydrogen) atoms. The van der Waals surface area contributed by atoms with Crippen molar-refractivity contribution in [3.8, 4) is 0 Å². The van der Waals surface area contributed by atoms with Crippen molar-refractivity contribution in [2.45, 2.75) is 46.3 Å². The minimum Gasteiger partial charge on any atom is -0.333 e. The Bertz CT molecular complexity index is 808. The zero-order valence-electron chi connectivity index (χ0n) is 13.7. The number of hydrogen-bond donors (Lipinski definition) is 1. The summed E-state index contributed by atoms with van der Waals surface area (Å²) >= 11 is 0. The standard InChI is InChI=1S/C16H18F3N5O.CH4/c1-9-21-22-15-8-23(2-3-24(9)15)16(25)6-11(20)4-10-5-13(18)14(19)7-12(10)17;/h5,7,11H,2-4,6,8,20H2,1H3;1H4/t11-;/m1./s1. The monoisotopic (exact) mass is 369 g/mol. The van der Waals surface area contributed by atoms with Crippen molar-refractivity contribution in [1.29, 1.82) is 0 Å². The Balaban J connectivity index is 0.00000243. The number of rotatable bonds is 4. The van der Waals surface area contributed by atoms with Crippen molar-refractivity contribution in [3.63, 3.8) is 0 Å². The average Bonchev–Trinajstić information content (AvgIpc) is 2.93. The van der Waals surface area contributed by atoms with Gasteiger partial charge >= 0.3 is 0 Å². The Kier molecular flexibility index (Phi) is 6.01. The van der Waals surface area contributed by atoms with Crippen LogP contribution >= 0.6 is 0 Å². The van der Waals surface area contributed by atoms with Gasteiger partial charge in [-0.2, -0.15) is 0 Å². The number of carbonyl (C=O) groups is 1. The average molecular weight is 369 g/mol. The fourth-order valence-corrected chi connectivity index (χ4v) is 2.94. The first-order valence-corrected chi connectivity index (χ1v) is 7.90. The molecular weight excluding hydrogens is 347 g/mol. The summed E-state index contributed by atoms with van der Waals surface area (Å²) in [6.07, 6.45) is -0.0799. The summed E-state index contributed by atoms with van der Waals surface area (Å²) in [7, 11) is 0. The van der Waals surface area contributed by atoms with Crippen molar-refractivity contribution in [2.24, 2.45) is 5.73 Å². The van der Waals surface area contributed by atoms with Gasteiger partial charge in [0.15, 0.2) is 17.5 Å². The van der Waals surface area contributed by atoms with Crippen molar-refractivity contribution in [2.75, 3.05) is 6.54 Å². The molecule has 0 aliphatic carbocycles. The third kappa shape index (κ3) is 4.04. The minimum atomic E-state index is -1.25. The van der Waals surface area contributed by atoms with Gasteiger partial charge in [-0.15, -0.1) is 10.2 Å². The molecule has 2 heterocycles. The van der Waals surface area contributed by atoms with Gasteiger partial charge in [0.25, 0.3) is 0 Å². The van der Waals surface area contributed by atoms with E-state index in [9.17, 15) is 18.0 Å². The van der Waals surface area contributed by atoms with Crippen molar-refractivity contribution in [3.05, 3.63) is 46.8 Å². The van der Waals surface area contributed by atoms with Crippen LogP contribution in [0.4, 0.5) is 13.2 Å². The van der Waals surface area contributed by atoms with E-state index in [1.807, 2.05) is 11.5 Å². The van der Waals surface area contributed by atoms with E-state index >= 15 is 0 Å². The molecule has 0 saturated heterocycles. The largest absolute Gasteiger partial charge is 0.333 e. The molecule has 0 bridgehead atoms. The van der Waals surface area contributed by atoms with Gasteiger partial charge in [-0.1, -0.05) is 7.43 Å². The Morgan fingerprint density at radius 1 is 1.19 bits per heavy atom. The summed E-state index contributed by atoms with van der Waals surface area (Å²) in [5.41, 5.74) is 5.86. The lowest BCUT2D eigenvalue weighted by molar-refractivity contribution is -0.133. The summed E-state index contributed by atoms with van der Waals surface area (Å²) in [5.74, 6) is -1.95. The molecule has 0 spiro atoms. The highest BCUT2D eigenvalue weighted by atomic mass is 19.2. The molecule has 0 fully saturated rings. The molecule has 1 atom stereocenters. The van der Waals surface area contributed by atoms with E-state index in [2.05, 4.69) is 10.2 Å². The van der Waals surface area contributed by atoms with Gasteiger partial charge in [0.1, 0.15) is 11.6 Å². The minimum absolute atomic E-state index is 0. The number of nitrogens with two attached hydrogens (primary N) is 1. The third-order valence-corrected chi connectivity index (χ3v) is 4.30. The number of aryl methyl sites for hydroxylation is 1. The lowest BCUT2D eigenvalue weighted by atomic mass is 10.0. The van der Waals surface area contributed by atoms with Gasteiger partial charge < -0.3 is 15.2 Å². The smallest absolute Gasteiger partial charge is 0.224 e. The molecule has 3 rings (SSSR count). The Morgan fingerprint density at radius 3 is 2.62 bits per heavy atom. The van der Waals surface area contributed by atoms with Gasteiger partial charge in [0, 0.05) is 31.6 Å². The zero-order chi connectivity index (χ0) is 18.1. The molecule has 1 aromatic heterocycles. The van der Waals surface area contributed by atoms with Gasteiger partial charge in [-0.25, -0.2) is 13.2 Å². The van der Waals surface area contributed by atoms with Gasteiger partial charge in [0.2, 0.25) is 5.91 Å². The van der Waals surface area contributed by atoms with E-state index < -0.39 is 23.5 Å². The summed E-state index contributed by atoms with van der Waals surface area (Å²) in [5, 5.41) is 8.00. The van der Waals surface area contributed by atoms with E-state index in [1.54, 1.807) is 4.90 Å². The number of amides is 1. The fraction of sp³-hybridized carbons (Fsp3) is 0.471. The van der Waals surface area contributed by atoms with Crippen molar-refractivity contribution < 1.29 is 18.0 Å². The molecule has 1 aliphatic heterocycles. The number of carbonyl (C=O) groups excluding carboxylic acids is 1. The second kappa shape index (κ2) is 7.86. The van der Waals surface area contributed by atoms with Crippen LogP contribution in [-0.2, 0) is 24.3 Å². The SMILES string of the molecule is C.Cc1nnc2n1CCN(C(=O)C[C@H](N)Cc1cc(F)c(F)cc1F)C2. The van der Waals surface area contributed by atoms with E-state index in [1.165, 1.54) is 0 Å². The molecule has 2 aromatic rings. The highest BCUT2D eigenvalue weighted by Gasteiger charge is 2.25. The lowest BCUT2D eigenvalue weighted by Gasteiger charge is -2.28. The van der Waals surface area contributed by atoms with Crippen LogP contribution in [0.15, 0.2) is 12.1 Å². The van der Waals surface area contributed by atoms with Crippen molar-refractivity contribution in [1.82, 2.24) is 19.7 Å². The van der Waals surface area contributed by atoms with Crippen molar-refractivity contribution >= 4 is 5.91 Å². The molecule has 2 N–H and O–H groups in total. The first-order valence-electron chi connectivity index (χ1n) is 7.90. The number of benzene rings is 1. The Morgan fingerprint density at radius 2 is 1.88 bits per heavy atom. The van der Waals surface area contributed by atoms with E-state index in [0.29, 0.717) is 31.5 Å². The first-order chi connectivity index (χ1) is 11.8. The summed E-state index contributed by atoms with van der Waals surface area (Å²) < 4.78 is 41.8. The van der Waals surface area contributed by atoms with Gasteiger partial charge in [-0.05, 0) is 25.0 Å². The number of nitrogens with zero attached hydrogens (tertiary/aromatic N) is 4. The van der Waals surface area contributed by atoms with Crippen LogP contribution < -0.4 is 5.73 Å². The predicted molar refractivity (Wildman–Crippen MR) is 89.5 cm³/mol. The lowest BCUT2D eigenvalue weighted by Crippen LogP contribution is -2.41. The summed E-state index contributed by atoms with van der Waals surface area (Å²) in [4.78, 5) is 14.0. The molecule has 0 saturated carbocycles. The second-order valence-corrected chi connectivity index (χ2v) is 6.16.